The SMILES string of the molecule is Cc1nc(C)c(C(OC(C)(C)C)C(=O)O)c(N2CCC(C)(C)CC2)c1-c1ccc(CN(Cc2ccc(F)cc2)C(=O)c2ccccc2C(F)(F)F)cc1. The van der Waals surface area contributed by atoms with Crippen LogP contribution in [0.2, 0.25) is 0 Å². The van der Waals surface area contributed by atoms with Crippen molar-refractivity contribution in [2.24, 2.45) is 5.41 Å². The molecule has 1 amide bonds. The van der Waals surface area contributed by atoms with E-state index < -0.39 is 46.7 Å². The van der Waals surface area contributed by atoms with Crippen LogP contribution in [-0.4, -0.2) is 45.6 Å². The summed E-state index contributed by atoms with van der Waals surface area (Å²) in [6.07, 6.45) is -4.22. The zero-order valence-electron chi connectivity index (χ0n) is 31.3. The number of pyridine rings is 1. The molecular weight excluding hydrogens is 686 g/mol. The summed E-state index contributed by atoms with van der Waals surface area (Å²) in [6, 6.07) is 17.5. The van der Waals surface area contributed by atoms with Crippen LogP contribution in [0.25, 0.3) is 11.1 Å². The van der Waals surface area contributed by atoms with Crippen molar-refractivity contribution in [1.82, 2.24) is 9.88 Å². The number of carboxylic acids is 1. The van der Waals surface area contributed by atoms with Gasteiger partial charge in [0.2, 0.25) is 0 Å². The molecule has 3 aromatic carbocycles. The second kappa shape index (κ2) is 15.3. The van der Waals surface area contributed by atoms with E-state index in [1.165, 1.54) is 41.3 Å². The summed E-state index contributed by atoms with van der Waals surface area (Å²) in [7, 11) is 0. The van der Waals surface area contributed by atoms with E-state index in [9.17, 15) is 32.3 Å². The fourth-order valence-electron chi connectivity index (χ4n) is 6.85. The van der Waals surface area contributed by atoms with Crippen LogP contribution in [0.3, 0.4) is 0 Å². The van der Waals surface area contributed by atoms with E-state index in [1.807, 2.05) is 39.8 Å². The molecule has 1 aliphatic rings. The van der Waals surface area contributed by atoms with Crippen LogP contribution in [-0.2, 0) is 28.8 Å². The van der Waals surface area contributed by atoms with E-state index in [-0.39, 0.29) is 18.5 Å². The van der Waals surface area contributed by atoms with Crippen molar-refractivity contribution in [1.29, 1.82) is 0 Å². The number of amides is 1. The zero-order valence-corrected chi connectivity index (χ0v) is 31.3. The van der Waals surface area contributed by atoms with E-state index in [0.29, 0.717) is 41.2 Å². The maximum Gasteiger partial charge on any atom is 0.417 e. The highest BCUT2D eigenvalue weighted by atomic mass is 19.4. The lowest BCUT2D eigenvalue weighted by Crippen LogP contribution is -2.39. The molecule has 1 saturated heterocycles. The maximum atomic E-state index is 14.0. The number of piperidine rings is 1. The number of hydrogen-bond acceptors (Lipinski definition) is 5. The third kappa shape index (κ3) is 9.43. The van der Waals surface area contributed by atoms with Crippen molar-refractivity contribution in [3.63, 3.8) is 0 Å². The van der Waals surface area contributed by atoms with Crippen LogP contribution in [0.15, 0.2) is 72.8 Å². The molecule has 1 unspecified atom stereocenters. The maximum absolute atomic E-state index is 14.0. The number of carboxylic acid groups (broad SMARTS) is 1. The fourth-order valence-corrected chi connectivity index (χ4v) is 6.85. The molecule has 11 heteroatoms. The Kier molecular flexibility index (Phi) is 11.4. The van der Waals surface area contributed by atoms with Gasteiger partial charge < -0.3 is 19.6 Å². The third-order valence-corrected chi connectivity index (χ3v) is 9.62. The minimum Gasteiger partial charge on any atom is -0.479 e. The lowest BCUT2D eigenvalue weighted by Gasteiger charge is -2.41. The molecule has 0 bridgehead atoms. The minimum atomic E-state index is -4.74. The molecule has 1 aromatic heterocycles. The zero-order chi connectivity index (χ0) is 38.9. The van der Waals surface area contributed by atoms with Gasteiger partial charge in [0.25, 0.3) is 5.91 Å². The molecule has 1 atom stereocenters. The second-order valence-electron chi connectivity index (χ2n) is 15.5. The Morgan fingerprint density at radius 1 is 0.887 bits per heavy atom. The first-order chi connectivity index (χ1) is 24.7. The van der Waals surface area contributed by atoms with Gasteiger partial charge in [-0.1, -0.05) is 62.4 Å². The highest BCUT2D eigenvalue weighted by Gasteiger charge is 2.38. The number of nitrogens with zero attached hydrogens (tertiary/aromatic N) is 3. The third-order valence-electron chi connectivity index (χ3n) is 9.62. The van der Waals surface area contributed by atoms with Crippen molar-refractivity contribution in [3.05, 3.63) is 118 Å². The molecule has 0 radical (unpaired) electrons. The molecule has 5 rings (SSSR count). The van der Waals surface area contributed by atoms with Crippen LogP contribution in [0.4, 0.5) is 23.2 Å². The normalized spacial score (nSPS) is 15.3. The molecule has 0 aliphatic carbocycles. The quantitative estimate of drug-likeness (QED) is 0.164. The Labute approximate surface area is 308 Å². The van der Waals surface area contributed by atoms with Crippen LogP contribution in [0, 0.1) is 25.1 Å². The predicted octanol–water partition coefficient (Wildman–Crippen LogP) is 9.93. The first-order valence-electron chi connectivity index (χ1n) is 17.7. The minimum absolute atomic E-state index is 0.0341. The number of carbonyl (C=O) groups is 2. The number of aryl methyl sites for hydroxylation is 2. The number of aromatic nitrogens is 1. The first kappa shape index (κ1) is 39.4. The average molecular weight is 734 g/mol. The summed E-state index contributed by atoms with van der Waals surface area (Å²) in [4.78, 5) is 35.1. The largest absolute Gasteiger partial charge is 0.479 e. The summed E-state index contributed by atoms with van der Waals surface area (Å²) >= 11 is 0. The smallest absolute Gasteiger partial charge is 0.417 e. The van der Waals surface area contributed by atoms with Crippen molar-refractivity contribution in [3.8, 4) is 11.1 Å². The van der Waals surface area contributed by atoms with Gasteiger partial charge in [-0.15, -0.1) is 0 Å². The Bertz CT molecular complexity index is 1940. The topological polar surface area (TPSA) is 83.0 Å². The lowest BCUT2D eigenvalue weighted by atomic mass is 9.81. The molecular formula is C42H47F4N3O4. The van der Waals surface area contributed by atoms with Gasteiger partial charge in [0.15, 0.2) is 6.10 Å². The number of ether oxygens (including phenoxy) is 1. The molecule has 4 aromatic rings. The summed E-state index contributed by atoms with van der Waals surface area (Å²) in [5.41, 5.74) is 3.09. The molecule has 1 fully saturated rings. The van der Waals surface area contributed by atoms with Gasteiger partial charge in [0.05, 0.1) is 22.4 Å². The number of hydrogen-bond donors (Lipinski definition) is 1. The Morgan fingerprint density at radius 3 is 1.96 bits per heavy atom. The average Bonchev–Trinajstić information content (AvgIpc) is 3.07. The molecule has 0 saturated carbocycles. The molecule has 1 N–H and O–H groups in total. The number of halogens is 4. The lowest BCUT2D eigenvalue weighted by molar-refractivity contribution is -0.160. The number of anilines is 1. The van der Waals surface area contributed by atoms with Crippen LogP contribution >= 0.6 is 0 Å². The highest BCUT2D eigenvalue weighted by Crippen LogP contribution is 2.45. The van der Waals surface area contributed by atoms with Crippen LogP contribution in [0.1, 0.15) is 97.6 Å². The number of aliphatic carboxylic acids is 1. The van der Waals surface area contributed by atoms with Crippen molar-refractivity contribution >= 4 is 17.6 Å². The Hall–Kier alpha value is -4.77. The Balaban J connectivity index is 1.58. The van der Waals surface area contributed by atoms with Gasteiger partial charge in [-0.25, -0.2) is 9.18 Å². The molecule has 0 spiro atoms. The molecule has 282 valence electrons. The van der Waals surface area contributed by atoms with Gasteiger partial charge in [0, 0.05) is 48.7 Å². The molecule has 53 heavy (non-hydrogen) atoms. The van der Waals surface area contributed by atoms with Gasteiger partial charge in [0.1, 0.15) is 5.82 Å². The van der Waals surface area contributed by atoms with Crippen LogP contribution < -0.4 is 4.90 Å². The molecule has 2 heterocycles. The summed E-state index contributed by atoms with van der Waals surface area (Å²) in [5.74, 6) is -2.41. The monoisotopic (exact) mass is 733 g/mol. The first-order valence-corrected chi connectivity index (χ1v) is 17.7. The Morgan fingerprint density at radius 2 is 1.43 bits per heavy atom. The van der Waals surface area contributed by atoms with E-state index in [0.717, 1.165) is 41.8 Å². The highest BCUT2D eigenvalue weighted by molar-refractivity contribution is 5.96. The standard InChI is InChI=1S/C42H47F4N3O4/c1-26-34(36(48-22-20-41(6,7)21-23-48)35(27(2)47-26)37(39(51)52)53-40(3,4)5)30-16-12-28(13-17-30)24-49(25-29-14-18-31(43)19-15-29)38(50)32-10-8-9-11-33(32)42(44,45)46/h8-19,37H,20-25H2,1-7H3,(H,51,52). The van der Waals surface area contributed by atoms with Crippen molar-refractivity contribution in [2.75, 3.05) is 18.0 Å². The van der Waals surface area contributed by atoms with Gasteiger partial charge >= 0.3 is 12.1 Å². The van der Waals surface area contributed by atoms with E-state index in [1.54, 1.807) is 19.1 Å². The number of rotatable bonds is 10. The molecule has 7 nitrogen and oxygen atoms in total. The van der Waals surface area contributed by atoms with E-state index in [4.69, 9.17) is 9.72 Å². The number of alkyl halides is 3. The van der Waals surface area contributed by atoms with Crippen molar-refractivity contribution in [2.45, 2.75) is 92.3 Å². The summed E-state index contributed by atoms with van der Waals surface area (Å²) in [5, 5.41) is 10.5. The van der Waals surface area contributed by atoms with E-state index >= 15 is 0 Å². The number of carbonyl (C=O) groups excluding carboxylic acids is 1. The van der Waals surface area contributed by atoms with Gasteiger partial charge in [-0.3, -0.25) is 9.78 Å². The fraction of sp³-hybridized carbons (Fsp3) is 0.405. The van der Waals surface area contributed by atoms with Gasteiger partial charge in [-0.2, -0.15) is 13.2 Å². The summed E-state index contributed by atoms with van der Waals surface area (Å²) < 4.78 is 61.8. The van der Waals surface area contributed by atoms with E-state index in [2.05, 4.69) is 18.7 Å². The molecule has 1 aliphatic heterocycles. The second-order valence-corrected chi connectivity index (χ2v) is 15.5. The number of benzene rings is 3. The summed E-state index contributed by atoms with van der Waals surface area (Å²) in [6.45, 7) is 14.9. The van der Waals surface area contributed by atoms with Crippen molar-refractivity contribution < 1.29 is 37.0 Å². The predicted molar refractivity (Wildman–Crippen MR) is 197 cm³/mol. The van der Waals surface area contributed by atoms with Crippen LogP contribution in [0.5, 0.6) is 0 Å². The van der Waals surface area contributed by atoms with Gasteiger partial charge in [-0.05, 0) is 93.8 Å².